The maximum Gasteiger partial charge on any atom is 0.341 e. The summed E-state index contributed by atoms with van der Waals surface area (Å²) in [6.07, 6.45) is -8.98. The molecule has 2 aromatic heterocycles. The number of rotatable bonds is 5. The number of imidazole rings is 1. The molecule has 1 aromatic carbocycles. The number of nitrogens with two attached hydrogens (primary N) is 1. The van der Waals surface area contributed by atoms with E-state index < -0.39 is 76.9 Å². The van der Waals surface area contributed by atoms with Crippen LogP contribution in [0.1, 0.15) is 16.6 Å². The summed E-state index contributed by atoms with van der Waals surface area (Å²) in [7, 11) is 0. The van der Waals surface area contributed by atoms with E-state index in [2.05, 4.69) is 19.7 Å². The van der Waals surface area contributed by atoms with Crippen molar-refractivity contribution in [2.24, 2.45) is 0 Å². The van der Waals surface area contributed by atoms with Gasteiger partial charge in [0, 0.05) is 0 Å². The van der Waals surface area contributed by atoms with E-state index in [-0.39, 0.29) is 17.1 Å². The van der Waals surface area contributed by atoms with Crippen molar-refractivity contribution in [3.8, 4) is 5.75 Å². The van der Waals surface area contributed by atoms with E-state index in [4.69, 9.17) is 15.6 Å². The number of H-pyrrole nitrogens is 1. The van der Waals surface area contributed by atoms with Crippen molar-refractivity contribution in [1.82, 2.24) is 19.5 Å². The van der Waals surface area contributed by atoms with Crippen molar-refractivity contribution in [3.63, 3.8) is 0 Å². The summed E-state index contributed by atoms with van der Waals surface area (Å²) in [4.78, 5) is 32.5. The zero-order chi connectivity index (χ0) is 25.1. The van der Waals surface area contributed by atoms with E-state index in [1.165, 1.54) is 0 Å². The average Bonchev–Trinajstić information content (AvgIpc) is 3.31. The Hall–Kier alpha value is -3.80. The van der Waals surface area contributed by atoms with Crippen molar-refractivity contribution in [2.75, 3.05) is 5.73 Å². The molecule has 0 bridgehead atoms. The lowest BCUT2D eigenvalue weighted by molar-refractivity contribution is -0.156. The molecule has 0 spiro atoms. The smallest absolute Gasteiger partial charge is 0.341 e. The molecule has 1 aliphatic heterocycles. The van der Waals surface area contributed by atoms with Crippen LogP contribution in [0.2, 0.25) is 0 Å². The van der Waals surface area contributed by atoms with Crippen LogP contribution in [0.3, 0.4) is 0 Å². The number of carboxylic acids is 1. The molecular formula is C17H13F4N5O8. The highest BCUT2D eigenvalue weighted by Crippen LogP contribution is 2.35. The minimum atomic E-state index is -2.54. The number of nitrogen functional groups attached to an aromatic ring is 1. The van der Waals surface area contributed by atoms with E-state index in [1.54, 1.807) is 0 Å². The molecule has 0 aliphatic carbocycles. The third kappa shape index (κ3) is 3.50. The van der Waals surface area contributed by atoms with Crippen LogP contribution in [0.4, 0.5) is 23.5 Å². The fourth-order valence-electron chi connectivity index (χ4n) is 3.37. The number of aromatic carboxylic acids is 1. The van der Waals surface area contributed by atoms with Crippen LogP contribution >= 0.6 is 0 Å². The molecule has 4 rings (SSSR count). The number of aliphatic hydroxyl groups is 3. The molecular weight excluding hydrogens is 478 g/mol. The van der Waals surface area contributed by atoms with Gasteiger partial charge in [-0.15, -0.1) is 0 Å². The first-order valence-electron chi connectivity index (χ1n) is 9.11. The maximum atomic E-state index is 14.1. The predicted molar refractivity (Wildman–Crippen MR) is 98.4 cm³/mol. The molecule has 1 unspecified atom stereocenters. The fourth-order valence-corrected chi connectivity index (χ4v) is 3.37. The van der Waals surface area contributed by atoms with Gasteiger partial charge in [0.2, 0.25) is 23.9 Å². The first-order valence-corrected chi connectivity index (χ1v) is 9.11. The quantitative estimate of drug-likeness (QED) is 0.145. The van der Waals surface area contributed by atoms with Gasteiger partial charge in [0.1, 0.15) is 17.8 Å². The number of aromatic amines is 1. The molecule has 13 nitrogen and oxygen atoms in total. The molecule has 1 saturated heterocycles. The largest absolute Gasteiger partial charge is 0.477 e. The summed E-state index contributed by atoms with van der Waals surface area (Å²) in [5.41, 5.74) is 2.37. The molecule has 7 N–H and O–H groups in total. The van der Waals surface area contributed by atoms with Gasteiger partial charge in [0.25, 0.3) is 5.56 Å². The van der Waals surface area contributed by atoms with Crippen molar-refractivity contribution in [3.05, 3.63) is 45.5 Å². The second-order valence-corrected chi connectivity index (χ2v) is 7.02. The van der Waals surface area contributed by atoms with Gasteiger partial charge in [-0.3, -0.25) is 14.3 Å². The lowest BCUT2D eigenvalue weighted by atomic mass is 10.1. The molecule has 17 heteroatoms. The standard InChI is InChI=1S/C17H13F4N5O8/c18-3-2(15(30)31)4(19)6(21)10(5(3)20)34-16(32)11-8(27)9(28)14(33-11)26-1-23-7-12(26)24-17(22)25-13(7)29/h1,8-9,11,14,16,27-28,32H,(H,30,31)(H3,22,24,25,29)/t8-,9+,11-,14+,16?/m0/s1. The Labute approximate surface area is 183 Å². The summed E-state index contributed by atoms with van der Waals surface area (Å²) in [5, 5.41) is 39.5. The van der Waals surface area contributed by atoms with Gasteiger partial charge in [-0.2, -0.15) is 13.8 Å². The molecule has 0 saturated carbocycles. The molecule has 5 atom stereocenters. The number of nitrogens with zero attached hydrogens (tertiary/aromatic N) is 3. The van der Waals surface area contributed by atoms with Crippen LogP contribution in [0, 0.1) is 23.3 Å². The molecule has 1 fully saturated rings. The van der Waals surface area contributed by atoms with Crippen LogP contribution < -0.4 is 16.0 Å². The summed E-state index contributed by atoms with van der Waals surface area (Å²) < 4.78 is 66.8. The first-order chi connectivity index (χ1) is 15.9. The van der Waals surface area contributed by atoms with E-state index in [1.807, 2.05) is 0 Å². The van der Waals surface area contributed by atoms with E-state index >= 15 is 0 Å². The number of hydrogen-bond acceptors (Lipinski definition) is 10. The number of carbonyl (C=O) groups is 1. The Morgan fingerprint density at radius 3 is 2.38 bits per heavy atom. The van der Waals surface area contributed by atoms with Crippen LogP contribution in [-0.2, 0) is 4.74 Å². The number of ether oxygens (including phenoxy) is 2. The van der Waals surface area contributed by atoms with Crippen LogP contribution in [-0.4, -0.2) is 70.5 Å². The number of aliphatic hydroxyl groups excluding tert-OH is 3. The third-order valence-electron chi connectivity index (χ3n) is 4.96. The van der Waals surface area contributed by atoms with E-state index in [9.17, 15) is 42.5 Å². The highest BCUT2D eigenvalue weighted by molar-refractivity contribution is 5.88. The zero-order valence-electron chi connectivity index (χ0n) is 16.3. The second-order valence-electron chi connectivity index (χ2n) is 7.02. The Balaban J connectivity index is 1.65. The first kappa shape index (κ1) is 23.4. The Bertz CT molecular complexity index is 1330. The number of hydrogen-bond donors (Lipinski definition) is 6. The number of aromatic nitrogens is 4. The van der Waals surface area contributed by atoms with Crippen LogP contribution in [0.5, 0.6) is 5.75 Å². The maximum absolute atomic E-state index is 14.1. The van der Waals surface area contributed by atoms with Gasteiger partial charge in [0.05, 0.1) is 6.33 Å². The van der Waals surface area contributed by atoms with E-state index in [0.29, 0.717) is 0 Å². The minimum Gasteiger partial charge on any atom is -0.477 e. The molecule has 0 amide bonds. The van der Waals surface area contributed by atoms with Gasteiger partial charge in [-0.25, -0.2) is 18.6 Å². The molecule has 0 radical (unpaired) electrons. The Kier molecular flexibility index (Phi) is 5.64. The number of nitrogens with one attached hydrogen (secondary N) is 1. The van der Waals surface area contributed by atoms with Gasteiger partial charge < -0.3 is 35.6 Å². The topological polar surface area (TPSA) is 206 Å². The second kappa shape index (κ2) is 8.20. The SMILES string of the molecule is Nc1nc2c(ncn2[C@@H]2O[C@H](C(O)Oc3c(F)c(F)c(C(=O)O)c(F)c3F)[C@@H](O)[C@H]2O)c(=O)[nH]1. The fraction of sp³-hybridized carbons (Fsp3) is 0.294. The lowest BCUT2D eigenvalue weighted by Crippen LogP contribution is -2.42. The van der Waals surface area contributed by atoms with E-state index in [0.717, 1.165) is 10.9 Å². The Morgan fingerprint density at radius 1 is 1.18 bits per heavy atom. The predicted octanol–water partition coefficient (Wildman–Crippen LogP) is -1.03. The summed E-state index contributed by atoms with van der Waals surface area (Å²) in [5.74, 6) is -13.6. The molecule has 3 aromatic rings. The third-order valence-corrected chi connectivity index (χ3v) is 4.96. The number of fused-ring (bicyclic) bond motifs is 1. The normalized spacial score (nSPS) is 23.4. The molecule has 182 valence electrons. The minimum absolute atomic E-state index is 0.195. The highest BCUT2D eigenvalue weighted by atomic mass is 19.2. The number of carboxylic acid groups (broad SMARTS) is 1. The average molecular weight is 491 g/mol. The summed E-state index contributed by atoms with van der Waals surface area (Å²) in [6, 6.07) is 0. The lowest BCUT2D eigenvalue weighted by Gasteiger charge is -2.22. The molecule has 1 aliphatic rings. The van der Waals surface area contributed by atoms with Crippen LogP contribution in [0.25, 0.3) is 11.2 Å². The zero-order valence-corrected chi connectivity index (χ0v) is 16.3. The monoisotopic (exact) mass is 491 g/mol. The van der Waals surface area contributed by atoms with Crippen molar-refractivity contribution >= 4 is 23.1 Å². The van der Waals surface area contributed by atoms with Gasteiger partial charge in [0.15, 0.2) is 40.9 Å². The molecule has 34 heavy (non-hydrogen) atoms. The number of benzene rings is 1. The van der Waals surface area contributed by atoms with Gasteiger partial charge >= 0.3 is 5.97 Å². The number of anilines is 1. The highest BCUT2D eigenvalue weighted by Gasteiger charge is 2.49. The number of halogens is 4. The van der Waals surface area contributed by atoms with Gasteiger partial charge in [-0.05, 0) is 0 Å². The Morgan fingerprint density at radius 2 is 1.79 bits per heavy atom. The van der Waals surface area contributed by atoms with Crippen molar-refractivity contribution in [2.45, 2.75) is 30.8 Å². The summed E-state index contributed by atoms with van der Waals surface area (Å²) in [6.45, 7) is 0. The van der Waals surface area contributed by atoms with Gasteiger partial charge in [-0.1, -0.05) is 0 Å². The van der Waals surface area contributed by atoms with Crippen molar-refractivity contribution < 1.29 is 52.3 Å². The molecule has 3 heterocycles. The summed E-state index contributed by atoms with van der Waals surface area (Å²) >= 11 is 0. The van der Waals surface area contributed by atoms with Crippen LogP contribution in [0.15, 0.2) is 11.1 Å². The van der Waals surface area contributed by atoms with Crippen molar-refractivity contribution in [1.29, 1.82) is 0 Å².